The summed E-state index contributed by atoms with van der Waals surface area (Å²) in [6.45, 7) is 8.00. The maximum Gasteiger partial charge on any atom is 0.313 e. The van der Waals surface area contributed by atoms with Gasteiger partial charge < -0.3 is 10.0 Å². The minimum atomic E-state index is -0.910. The zero-order valence-electron chi connectivity index (χ0n) is 8.52. The molecule has 15 heavy (non-hydrogen) atoms. The number of thioether (sulfide) groups is 1. The quantitative estimate of drug-likeness (QED) is 0.631. The topological polar surface area (TPSA) is 57.6 Å². The minimum Gasteiger partial charge on any atom is -0.481 e. The van der Waals surface area contributed by atoms with Gasteiger partial charge in [-0.3, -0.25) is 9.59 Å². The molecule has 0 radical (unpaired) electrons. The van der Waals surface area contributed by atoms with Gasteiger partial charge in [0.25, 0.3) is 0 Å². The molecule has 0 bridgehead atoms. The fourth-order valence-corrected chi connectivity index (χ4v) is 1.54. The van der Waals surface area contributed by atoms with Crippen LogP contribution in [0, 0.1) is 0 Å². The molecule has 1 amide bonds. The van der Waals surface area contributed by atoms with Gasteiger partial charge in [-0.15, -0.1) is 24.9 Å². The zero-order chi connectivity index (χ0) is 11.7. The lowest BCUT2D eigenvalue weighted by Gasteiger charge is -2.18. The molecule has 0 fully saturated rings. The Hall–Kier alpha value is -1.23. The van der Waals surface area contributed by atoms with Crippen molar-refractivity contribution in [3.8, 4) is 0 Å². The lowest BCUT2D eigenvalue weighted by atomic mass is 10.4. The number of aliphatic carboxylic acids is 1. The van der Waals surface area contributed by atoms with Crippen LogP contribution in [0.2, 0.25) is 0 Å². The number of carboxylic acid groups (broad SMARTS) is 1. The summed E-state index contributed by atoms with van der Waals surface area (Å²) in [4.78, 5) is 23.3. The van der Waals surface area contributed by atoms with Crippen molar-refractivity contribution in [1.82, 2.24) is 4.90 Å². The molecule has 0 atom stereocenters. The fraction of sp³-hybridized carbons (Fsp3) is 0.400. The summed E-state index contributed by atoms with van der Waals surface area (Å²) in [7, 11) is 0. The third-order valence-electron chi connectivity index (χ3n) is 1.50. The van der Waals surface area contributed by atoms with E-state index in [0.29, 0.717) is 13.1 Å². The molecular weight excluding hydrogens is 214 g/mol. The van der Waals surface area contributed by atoms with Crippen molar-refractivity contribution in [1.29, 1.82) is 0 Å². The summed E-state index contributed by atoms with van der Waals surface area (Å²) in [5.74, 6) is -0.886. The molecule has 1 N–H and O–H groups in total. The van der Waals surface area contributed by atoms with Crippen LogP contribution in [0.25, 0.3) is 0 Å². The van der Waals surface area contributed by atoms with Crippen LogP contribution in [-0.2, 0) is 9.59 Å². The van der Waals surface area contributed by atoms with Gasteiger partial charge in [0.2, 0.25) is 5.91 Å². The first-order chi connectivity index (χ1) is 7.11. The van der Waals surface area contributed by atoms with Crippen molar-refractivity contribution in [3.63, 3.8) is 0 Å². The molecule has 0 aliphatic heterocycles. The van der Waals surface area contributed by atoms with E-state index in [4.69, 9.17) is 5.11 Å². The monoisotopic (exact) mass is 229 g/mol. The Bertz CT molecular complexity index is 243. The number of carbonyl (C=O) groups is 2. The Morgan fingerprint density at radius 1 is 1.20 bits per heavy atom. The maximum atomic E-state index is 11.5. The Balaban J connectivity index is 3.95. The lowest BCUT2D eigenvalue weighted by Crippen LogP contribution is -2.32. The van der Waals surface area contributed by atoms with Crippen LogP contribution in [0.5, 0.6) is 0 Å². The van der Waals surface area contributed by atoms with Crippen molar-refractivity contribution in [2.45, 2.75) is 0 Å². The molecule has 0 aromatic carbocycles. The van der Waals surface area contributed by atoms with Gasteiger partial charge in [0.1, 0.15) is 0 Å². The van der Waals surface area contributed by atoms with Gasteiger partial charge >= 0.3 is 5.97 Å². The molecule has 0 aromatic rings. The molecule has 0 aliphatic carbocycles. The van der Waals surface area contributed by atoms with E-state index in [1.165, 1.54) is 0 Å². The van der Waals surface area contributed by atoms with E-state index in [-0.39, 0.29) is 17.4 Å². The van der Waals surface area contributed by atoms with Gasteiger partial charge in [-0.2, -0.15) is 0 Å². The van der Waals surface area contributed by atoms with Gasteiger partial charge in [-0.05, 0) is 0 Å². The van der Waals surface area contributed by atoms with E-state index in [1.54, 1.807) is 17.1 Å². The smallest absolute Gasteiger partial charge is 0.313 e. The first-order valence-corrected chi connectivity index (χ1v) is 5.56. The second-order valence-electron chi connectivity index (χ2n) is 2.76. The third kappa shape index (κ3) is 6.79. The predicted octanol–water partition coefficient (Wildman–Crippen LogP) is 1.00. The van der Waals surface area contributed by atoms with E-state index in [2.05, 4.69) is 13.2 Å². The average molecular weight is 229 g/mol. The molecule has 0 aliphatic rings. The normalized spacial score (nSPS) is 9.33. The van der Waals surface area contributed by atoms with Gasteiger partial charge in [0, 0.05) is 13.1 Å². The van der Waals surface area contributed by atoms with Crippen LogP contribution in [0.3, 0.4) is 0 Å². The Labute approximate surface area is 93.6 Å². The average Bonchev–Trinajstić information content (AvgIpc) is 2.16. The van der Waals surface area contributed by atoms with Crippen molar-refractivity contribution in [2.75, 3.05) is 24.6 Å². The molecule has 5 heteroatoms. The number of hydrogen-bond acceptors (Lipinski definition) is 3. The summed E-state index contributed by atoms with van der Waals surface area (Å²) in [5.41, 5.74) is 0. The molecule has 0 saturated carbocycles. The Kier molecular flexibility index (Phi) is 7.44. The molecule has 0 aromatic heterocycles. The molecule has 0 spiro atoms. The second-order valence-corrected chi connectivity index (χ2v) is 3.75. The molecule has 0 rings (SSSR count). The van der Waals surface area contributed by atoms with Gasteiger partial charge in [-0.1, -0.05) is 12.2 Å². The van der Waals surface area contributed by atoms with E-state index >= 15 is 0 Å². The highest BCUT2D eigenvalue weighted by Gasteiger charge is 2.10. The maximum absolute atomic E-state index is 11.5. The standard InChI is InChI=1S/C10H15NO3S/c1-3-5-11(6-4-2)9(12)7-15-8-10(13)14/h3-4H,1-2,5-8H2,(H,13,14). The molecule has 84 valence electrons. The van der Waals surface area contributed by atoms with Gasteiger partial charge in [-0.25, -0.2) is 0 Å². The summed E-state index contributed by atoms with van der Waals surface area (Å²) < 4.78 is 0. The van der Waals surface area contributed by atoms with Crippen LogP contribution in [0.15, 0.2) is 25.3 Å². The van der Waals surface area contributed by atoms with E-state index in [1.807, 2.05) is 0 Å². The summed E-state index contributed by atoms with van der Waals surface area (Å²) in [5, 5.41) is 8.39. The summed E-state index contributed by atoms with van der Waals surface area (Å²) in [6, 6.07) is 0. The van der Waals surface area contributed by atoms with Gasteiger partial charge in [0.15, 0.2) is 0 Å². The van der Waals surface area contributed by atoms with Crippen LogP contribution in [0.4, 0.5) is 0 Å². The molecule has 0 heterocycles. The van der Waals surface area contributed by atoms with Crippen molar-refractivity contribution in [3.05, 3.63) is 25.3 Å². The van der Waals surface area contributed by atoms with Crippen LogP contribution < -0.4 is 0 Å². The number of rotatable bonds is 8. The predicted molar refractivity (Wildman–Crippen MR) is 61.9 cm³/mol. The van der Waals surface area contributed by atoms with Crippen molar-refractivity contribution >= 4 is 23.6 Å². The van der Waals surface area contributed by atoms with Gasteiger partial charge in [0.05, 0.1) is 11.5 Å². The molecule has 0 unspecified atom stereocenters. The lowest BCUT2D eigenvalue weighted by molar-refractivity contribution is -0.133. The number of amides is 1. The van der Waals surface area contributed by atoms with E-state index < -0.39 is 5.97 Å². The summed E-state index contributed by atoms with van der Waals surface area (Å²) in [6.07, 6.45) is 3.26. The third-order valence-corrected chi connectivity index (χ3v) is 2.40. The fourth-order valence-electron chi connectivity index (χ4n) is 0.907. The van der Waals surface area contributed by atoms with Crippen molar-refractivity contribution in [2.24, 2.45) is 0 Å². The molecule has 4 nitrogen and oxygen atoms in total. The zero-order valence-corrected chi connectivity index (χ0v) is 9.33. The number of hydrogen-bond donors (Lipinski definition) is 1. The largest absolute Gasteiger partial charge is 0.481 e. The number of nitrogens with zero attached hydrogens (tertiary/aromatic N) is 1. The van der Waals surface area contributed by atoms with Crippen LogP contribution >= 0.6 is 11.8 Å². The van der Waals surface area contributed by atoms with E-state index in [9.17, 15) is 9.59 Å². The highest BCUT2D eigenvalue weighted by atomic mass is 32.2. The molecular formula is C10H15NO3S. The first-order valence-electron chi connectivity index (χ1n) is 4.41. The van der Waals surface area contributed by atoms with Crippen molar-refractivity contribution < 1.29 is 14.7 Å². The summed E-state index contributed by atoms with van der Waals surface area (Å²) >= 11 is 1.09. The SMILES string of the molecule is C=CCN(CC=C)C(=O)CSCC(=O)O. The highest BCUT2D eigenvalue weighted by Crippen LogP contribution is 2.02. The Morgan fingerprint density at radius 2 is 1.73 bits per heavy atom. The first kappa shape index (κ1) is 13.8. The number of carboxylic acids is 1. The Morgan fingerprint density at radius 3 is 2.13 bits per heavy atom. The molecule has 0 saturated heterocycles. The van der Waals surface area contributed by atoms with E-state index in [0.717, 1.165) is 11.8 Å². The van der Waals surface area contributed by atoms with Crippen LogP contribution in [0.1, 0.15) is 0 Å². The van der Waals surface area contributed by atoms with Crippen LogP contribution in [-0.4, -0.2) is 46.5 Å². The second kappa shape index (κ2) is 8.11. The number of carbonyl (C=O) groups excluding carboxylic acids is 1. The minimum absolute atomic E-state index is 0.0538. The highest BCUT2D eigenvalue weighted by molar-refractivity contribution is 8.00.